The highest BCUT2D eigenvalue weighted by Gasteiger charge is 2.16. The Morgan fingerprint density at radius 1 is 1.12 bits per heavy atom. The van der Waals surface area contributed by atoms with E-state index in [1.54, 1.807) is 24.3 Å². The van der Waals surface area contributed by atoms with Crippen molar-refractivity contribution in [2.45, 2.75) is 17.7 Å². The van der Waals surface area contributed by atoms with Crippen LogP contribution in [0.25, 0.3) is 0 Å². The first-order valence-corrected chi connectivity index (χ1v) is 9.02. The van der Waals surface area contributed by atoms with Crippen molar-refractivity contribution in [1.29, 1.82) is 0 Å². The lowest BCUT2D eigenvalue weighted by molar-refractivity contribution is 0.102. The number of Topliss-reactive ketones (excluding diaryl/α,β-unsaturated/α-hetero) is 1. The summed E-state index contributed by atoms with van der Waals surface area (Å²) in [7, 11) is 0. The Balaban J connectivity index is 1.56. The van der Waals surface area contributed by atoms with Gasteiger partial charge in [-0.2, -0.15) is 0 Å². The molecule has 0 radical (unpaired) electrons. The van der Waals surface area contributed by atoms with Crippen LogP contribution in [-0.4, -0.2) is 21.7 Å². The third-order valence-corrected chi connectivity index (χ3v) is 4.60. The van der Waals surface area contributed by atoms with Crippen LogP contribution in [0.15, 0.2) is 64.2 Å². The number of nitrogens with two attached hydrogens (primary N) is 1. The molecule has 0 aliphatic heterocycles. The minimum Gasteiger partial charge on any atom is -0.414 e. The highest BCUT2D eigenvalue weighted by Crippen LogP contribution is 2.22. The van der Waals surface area contributed by atoms with Gasteiger partial charge >= 0.3 is 0 Å². The molecular formula is C18H16ClN3O2S. The summed E-state index contributed by atoms with van der Waals surface area (Å²) in [5, 5.41) is 8.86. The van der Waals surface area contributed by atoms with Crippen molar-refractivity contribution < 1.29 is 9.21 Å². The minimum absolute atomic E-state index is 0.0324. The fourth-order valence-corrected chi connectivity index (χ4v) is 3.02. The maximum Gasteiger partial charge on any atom is 0.277 e. The van der Waals surface area contributed by atoms with E-state index in [4.69, 9.17) is 21.8 Å². The van der Waals surface area contributed by atoms with Gasteiger partial charge in [0, 0.05) is 10.6 Å². The van der Waals surface area contributed by atoms with Crippen molar-refractivity contribution in [3.63, 3.8) is 0 Å². The zero-order chi connectivity index (χ0) is 17.6. The molecule has 128 valence electrons. The van der Waals surface area contributed by atoms with Crippen LogP contribution < -0.4 is 5.73 Å². The van der Waals surface area contributed by atoms with Crippen LogP contribution in [0.5, 0.6) is 0 Å². The van der Waals surface area contributed by atoms with Gasteiger partial charge in [0.25, 0.3) is 5.22 Å². The maximum absolute atomic E-state index is 12.1. The van der Waals surface area contributed by atoms with Crippen molar-refractivity contribution in [2.24, 2.45) is 5.73 Å². The molecule has 1 heterocycles. The quantitative estimate of drug-likeness (QED) is 0.499. The molecular weight excluding hydrogens is 358 g/mol. The third kappa shape index (κ3) is 4.92. The number of aromatic nitrogens is 2. The number of rotatable bonds is 7. The molecule has 3 rings (SSSR count). The second-order valence-electron chi connectivity index (χ2n) is 5.42. The number of thioether (sulfide) groups is 1. The smallest absolute Gasteiger partial charge is 0.277 e. The molecule has 25 heavy (non-hydrogen) atoms. The summed E-state index contributed by atoms with van der Waals surface area (Å²) in [5.74, 6) is 0.539. The van der Waals surface area contributed by atoms with Crippen molar-refractivity contribution >= 4 is 29.1 Å². The summed E-state index contributed by atoms with van der Waals surface area (Å²) in [4.78, 5) is 12.1. The third-order valence-electron chi connectivity index (χ3n) is 3.53. The molecule has 1 atom stereocenters. The van der Waals surface area contributed by atoms with E-state index in [9.17, 15) is 4.79 Å². The predicted octanol–water partition coefficient (Wildman–Crippen LogP) is 3.94. The van der Waals surface area contributed by atoms with Gasteiger partial charge in [-0.05, 0) is 36.2 Å². The molecule has 2 N–H and O–H groups in total. The second kappa shape index (κ2) is 8.29. The Labute approximate surface area is 154 Å². The van der Waals surface area contributed by atoms with Gasteiger partial charge in [-0.3, -0.25) is 4.79 Å². The van der Waals surface area contributed by atoms with Gasteiger partial charge in [0.2, 0.25) is 5.89 Å². The van der Waals surface area contributed by atoms with Crippen LogP contribution in [0.1, 0.15) is 27.9 Å². The largest absolute Gasteiger partial charge is 0.414 e. The summed E-state index contributed by atoms with van der Waals surface area (Å²) >= 11 is 7.01. The van der Waals surface area contributed by atoms with E-state index in [-0.39, 0.29) is 17.6 Å². The zero-order valence-electron chi connectivity index (χ0n) is 13.3. The summed E-state index contributed by atoms with van der Waals surface area (Å²) in [5.41, 5.74) is 7.81. The van der Waals surface area contributed by atoms with Gasteiger partial charge < -0.3 is 10.2 Å². The zero-order valence-corrected chi connectivity index (χ0v) is 14.8. The molecule has 0 unspecified atom stereocenters. The van der Waals surface area contributed by atoms with E-state index in [0.29, 0.717) is 28.1 Å². The average molecular weight is 374 g/mol. The fraction of sp³-hybridized carbons (Fsp3) is 0.167. The van der Waals surface area contributed by atoms with Crippen molar-refractivity contribution in [1.82, 2.24) is 10.2 Å². The summed E-state index contributed by atoms with van der Waals surface area (Å²) in [6.45, 7) is 0. The monoisotopic (exact) mass is 373 g/mol. The Kier molecular flexibility index (Phi) is 5.86. The van der Waals surface area contributed by atoms with Crippen molar-refractivity contribution in [3.8, 4) is 0 Å². The van der Waals surface area contributed by atoms with Crippen LogP contribution in [0.4, 0.5) is 0 Å². The number of nitrogens with zero attached hydrogens (tertiary/aromatic N) is 2. The van der Waals surface area contributed by atoms with E-state index in [1.165, 1.54) is 11.8 Å². The SMILES string of the molecule is N[C@H](Cc1ccccc1)c1nnc(SCC(=O)c2ccc(Cl)cc2)o1. The lowest BCUT2D eigenvalue weighted by Crippen LogP contribution is -2.13. The summed E-state index contributed by atoms with van der Waals surface area (Å²) in [6, 6.07) is 16.2. The standard InChI is InChI=1S/C18H16ClN3O2S/c19-14-8-6-13(7-9-14)16(23)11-25-18-22-21-17(24-18)15(20)10-12-4-2-1-3-5-12/h1-9,15H,10-11,20H2/t15-/m1/s1. The average Bonchev–Trinajstić information content (AvgIpc) is 3.10. The molecule has 0 saturated heterocycles. The van der Waals surface area contributed by atoms with Crippen LogP contribution in [0, 0.1) is 0 Å². The molecule has 0 saturated carbocycles. The molecule has 7 heteroatoms. The van der Waals surface area contributed by atoms with Crippen LogP contribution in [0.3, 0.4) is 0 Å². The van der Waals surface area contributed by atoms with Crippen LogP contribution in [-0.2, 0) is 6.42 Å². The molecule has 0 fully saturated rings. The molecule has 1 aromatic heterocycles. The topological polar surface area (TPSA) is 82.0 Å². The number of hydrogen-bond acceptors (Lipinski definition) is 6. The van der Waals surface area contributed by atoms with E-state index in [1.807, 2.05) is 30.3 Å². The highest BCUT2D eigenvalue weighted by molar-refractivity contribution is 7.99. The fourth-order valence-electron chi connectivity index (χ4n) is 2.23. The second-order valence-corrected chi connectivity index (χ2v) is 6.78. The van der Waals surface area contributed by atoms with E-state index >= 15 is 0 Å². The summed E-state index contributed by atoms with van der Waals surface area (Å²) in [6.07, 6.45) is 0.608. The van der Waals surface area contributed by atoms with Gasteiger partial charge in [0.05, 0.1) is 11.8 Å². The molecule has 3 aromatic rings. The molecule has 0 amide bonds. The predicted molar refractivity (Wildman–Crippen MR) is 97.9 cm³/mol. The molecule has 0 spiro atoms. The van der Waals surface area contributed by atoms with Gasteiger partial charge in [-0.1, -0.05) is 53.7 Å². The Morgan fingerprint density at radius 2 is 1.84 bits per heavy atom. The number of halogens is 1. The van der Waals surface area contributed by atoms with Crippen LogP contribution in [0.2, 0.25) is 5.02 Å². The Bertz CT molecular complexity index is 837. The Hall–Kier alpha value is -2.15. The van der Waals surface area contributed by atoms with E-state index in [0.717, 1.165) is 5.56 Å². The minimum atomic E-state index is -0.379. The highest BCUT2D eigenvalue weighted by atomic mass is 35.5. The lowest BCUT2D eigenvalue weighted by Gasteiger charge is -2.06. The van der Waals surface area contributed by atoms with Gasteiger partial charge in [-0.25, -0.2) is 0 Å². The first kappa shape index (κ1) is 17.7. The van der Waals surface area contributed by atoms with E-state index in [2.05, 4.69) is 10.2 Å². The number of ketones is 1. The number of benzene rings is 2. The van der Waals surface area contributed by atoms with E-state index < -0.39 is 0 Å². The van der Waals surface area contributed by atoms with Gasteiger partial charge in [0.15, 0.2) is 5.78 Å². The molecule has 5 nitrogen and oxygen atoms in total. The maximum atomic E-state index is 12.1. The van der Waals surface area contributed by atoms with Gasteiger partial charge in [-0.15, -0.1) is 10.2 Å². The molecule has 0 aliphatic rings. The molecule has 0 aliphatic carbocycles. The van der Waals surface area contributed by atoms with Crippen molar-refractivity contribution in [3.05, 3.63) is 76.6 Å². The Morgan fingerprint density at radius 3 is 2.56 bits per heavy atom. The number of hydrogen-bond donors (Lipinski definition) is 1. The molecule has 0 bridgehead atoms. The molecule has 2 aromatic carbocycles. The summed E-state index contributed by atoms with van der Waals surface area (Å²) < 4.78 is 5.57. The number of carbonyl (C=O) groups is 1. The van der Waals surface area contributed by atoms with Crippen LogP contribution >= 0.6 is 23.4 Å². The number of carbonyl (C=O) groups excluding carboxylic acids is 1. The first-order chi connectivity index (χ1) is 12.1. The van der Waals surface area contributed by atoms with Crippen molar-refractivity contribution in [2.75, 3.05) is 5.75 Å². The first-order valence-electron chi connectivity index (χ1n) is 7.66. The normalized spacial score (nSPS) is 12.1. The lowest BCUT2D eigenvalue weighted by atomic mass is 10.1. The van der Waals surface area contributed by atoms with Gasteiger partial charge in [0.1, 0.15) is 0 Å².